The zero-order valence-electron chi connectivity index (χ0n) is 6.50. The number of methoxy groups -OCH3 is 1. The molecular formula is C8H8ClNO2. The molecule has 0 aromatic heterocycles. The molecule has 0 saturated heterocycles. The second-order valence-corrected chi connectivity index (χ2v) is 2.56. The van der Waals surface area contributed by atoms with Crippen molar-refractivity contribution >= 4 is 17.5 Å². The normalized spacial score (nSPS) is 9.50. The second kappa shape index (κ2) is 3.45. The summed E-state index contributed by atoms with van der Waals surface area (Å²) in [6, 6.07) is 4.87. The number of hydrogen-bond donors (Lipinski definition) is 1. The molecule has 12 heavy (non-hydrogen) atoms. The third-order valence-corrected chi connectivity index (χ3v) is 1.84. The molecule has 0 atom stereocenters. The first-order valence-electron chi connectivity index (χ1n) is 3.29. The number of hydrogen-bond acceptors (Lipinski definition) is 2. The highest BCUT2D eigenvalue weighted by atomic mass is 35.5. The Bertz CT molecular complexity index is 312. The molecule has 0 unspecified atom stereocenters. The first kappa shape index (κ1) is 8.87. The van der Waals surface area contributed by atoms with Gasteiger partial charge in [-0.15, -0.1) is 0 Å². The molecule has 1 rings (SSSR count). The lowest BCUT2D eigenvalue weighted by Gasteiger charge is -2.04. The Hall–Kier alpha value is -1.22. The van der Waals surface area contributed by atoms with Crippen LogP contribution in [-0.2, 0) is 0 Å². The molecular weight excluding hydrogens is 178 g/mol. The Kier molecular flexibility index (Phi) is 2.55. The number of benzene rings is 1. The lowest BCUT2D eigenvalue weighted by Crippen LogP contribution is -2.11. The van der Waals surface area contributed by atoms with Crippen LogP contribution < -0.4 is 10.5 Å². The Morgan fingerprint density at radius 1 is 1.58 bits per heavy atom. The lowest BCUT2D eigenvalue weighted by molar-refractivity contribution is 0.1000. The number of carbonyl (C=O) groups excluding carboxylic acids is 1. The van der Waals surface area contributed by atoms with E-state index in [-0.39, 0.29) is 10.6 Å². The molecule has 0 bridgehead atoms. The van der Waals surface area contributed by atoms with Crippen LogP contribution in [0.15, 0.2) is 18.2 Å². The van der Waals surface area contributed by atoms with Crippen LogP contribution in [-0.4, -0.2) is 13.0 Å². The van der Waals surface area contributed by atoms with Crippen molar-refractivity contribution in [3.05, 3.63) is 28.8 Å². The van der Waals surface area contributed by atoms with Crippen LogP contribution in [0, 0.1) is 0 Å². The van der Waals surface area contributed by atoms with E-state index in [0.29, 0.717) is 5.75 Å². The minimum Gasteiger partial charge on any atom is -0.495 e. The molecule has 64 valence electrons. The van der Waals surface area contributed by atoms with Gasteiger partial charge in [0.15, 0.2) is 0 Å². The maximum Gasteiger partial charge on any atom is 0.250 e. The molecule has 0 heterocycles. The number of carbonyl (C=O) groups is 1. The Labute approximate surface area is 75.1 Å². The monoisotopic (exact) mass is 185 g/mol. The fourth-order valence-electron chi connectivity index (χ4n) is 0.859. The number of amides is 1. The summed E-state index contributed by atoms with van der Waals surface area (Å²) in [5.41, 5.74) is 5.33. The zero-order valence-corrected chi connectivity index (χ0v) is 7.26. The van der Waals surface area contributed by atoms with Crippen molar-refractivity contribution in [1.82, 2.24) is 0 Å². The van der Waals surface area contributed by atoms with Gasteiger partial charge in [0, 0.05) is 0 Å². The van der Waals surface area contributed by atoms with E-state index >= 15 is 0 Å². The van der Waals surface area contributed by atoms with Gasteiger partial charge in [-0.25, -0.2) is 0 Å². The summed E-state index contributed by atoms with van der Waals surface area (Å²) >= 11 is 5.78. The Balaban J connectivity index is 3.23. The molecule has 0 aliphatic heterocycles. The standard InChI is InChI=1S/C8H8ClNO2/c1-12-6-4-2-3-5(7(6)9)8(10)11/h2-4H,1H3,(H2,10,11). The molecule has 3 nitrogen and oxygen atoms in total. The van der Waals surface area contributed by atoms with Crippen molar-refractivity contribution in [3.63, 3.8) is 0 Å². The summed E-state index contributed by atoms with van der Waals surface area (Å²) in [6.45, 7) is 0. The summed E-state index contributed by atoms with van der Waals surface area (Å²) in [5, 5.41) is 0.257. The molecule has 0 radical (unpaired) electrons. The Morgan fingerprint density at radius 3 is 2.75 bits per heavy atom. The van der Waals surface area contributed by atoms with Crippen molar-refractivity contribution in [1.29, 1.82) is 0 Å². The van der Waals surface area contributed by atoms with Crippen LogP contribution in [0.1, 0.15) is 10.4 Å². The average molecular weight is 186 g/mol. The van der Waals surface area contributed by atoms with Gasteiger partial charge in [-0.1, -0.05) is 17.7 Å². The van der Waals surface area contributed by atoms with Gasteiger partial charge in [0.1, 0.15) is 5.75 Å². The van der Waals surface area contributed by atoms with Gasteiger partial charge in [-0.3, -0.25) is 4.79 Å². The number of halogens is 1. The fraction of sp³-hybridized carbons (Fsp3) is 0.125. The first-order chi connectivity index (χ1) is 5.66. The quantitative estimate of drug-likeness (QED) is 0.758. The highest BCUT2D eigenvalue weighted by Gasteiger charge is 2.09. The molecule has 2 N–H and O–H groups in total. The van der Waals surface area contributed by atoms with E-state index in [1.165, 1.54) is 7.11 Å². The topological polar surface area (TPSA) is 52.3 Å². The van der Waals surface area contributed by atoms with Crippen molar-refractivity contribution in [2.45, 2.75) is 0 Å². The lowest BCUT2D eigenvalue weighted by atomic mass is 10.2. The molecule has 0 aliphatic rings. The number of nitrogens with two attached hydrogens (primary N) is 1. The van der Waals surface area contributed by atoms with Crippen molar-refractivity contribution in [3.8, 4) is 5.75 Å². The molecule has 1 aromatic rings. The van der Waals surface area contributed by atoms with Gasteiger partial charge >= 0.3 is 0 Å². The first-order valence-corrected chi connectivity index (χ1v) is 3.67. The second-order valence-electron chi connectivity index (χ2n) is 2.19. The van der Waals surface area contributed by atoms with E-state index in [2.05, 4.69) is 0 Å². The molecule has 0 aliphatic carbocycles. The molecule has 0 fully saturated rings. The number of ether oxygens (including phenoxy) is 1. The minimum absolute atomic E-state index is 0.257. The zero-order chi connectivity index (χ0) is 9.14. The van der Waals surface area contributed by atoms with E-state index in [0.717, 1.165) is 0 Å². The minimum atomic E-state index is -0.557. The number of rotatable bonds is 2. The van der Waals surface area contributed by atoms with Crippen LogP contribution in [0.2, 0.25) is 5.02 Å². The van der Waals surface area contributed by atoms with Crippen LogP contribution in [0.3, 0.4) is 0 Å². The molecule has 0 spiro atoms. The SMILES string of the molecule is COc1cccc(C(N)=O)c1Cl. The smallest absolute Gasteiger partial charge is 0.250 e. The van der Waals surface area contributed by atoms with E-state index in [9.17, 15) is 4.79 Å². The summed E-state index contributed by atoms with van der Waals surface area (Å²) in [4.78, 5) is 10.8. The van der Waals surface area contributed by atoms with Crippen molar-refractivity contribution in [2.24, 2.45) is 5.73 Å². The van der Waals surface area contributed by atoms with E-state index < -0.39 is 5.91 Å². The van der Waals surface area contributed by atoms with E-state index in [4.69, 9.17) is 22.1 Å². The number of primary amides is 1. The summed E-state index contributed by atoms with van der Waals surface area (Å²) in [7, 11) is 1.48. The van der Waals surface area contributed by atoms with Gasteiger partial charge in [-0.2, -0.15) is 0 Å². The molecule has 1 aromatic carbocycles. The van der Waals surface area contributed by atoms with Crippen LogP contribution >= 0.6 is 11.6 Å². The van der Waals surface area contributed by atoms with Gasteiger partial charge in [-0.05, 0) is 12.1 Å². The maximum absolute atomic E-state index is 10.8. The average Bonchev–Trinajstić information content (AvgIpc) is 2.04. The third kappa shape index (κ3) is 1.51. The van der Waals surface area contributed by atoms with E-state index in [1.54, 1.807) is 18.2 Å². The molecule has 1 amide bonds. The van der Waals surface area contributed by atoms with Gasteiger partial charge in [0.2, 0.25) is 5.91 Å². The highest BCUT2D eigenvalue weighted by molar-refractivity contribution is 6.35. The van der Waals surface area contributed by atoms with Gasteiger partial charge < -0.3 is 10.5 Å². The summed E-state index contributed by atoms with van der Waals surface area (Å²) in [5.74, 6) is -0.105. The third-order valence-electron chi connectivity index (χ3n) is 1.45. The maximum atomic E-state index is 10.8. The van der Waals surface area contributed by atoms with Crippen LogP contribution in [0.5, 0.6) is 5.75 Å². The van der Waals surface area contributed by atoms with Crippen LogP contribution in [0.4, 0.5) is 0 Å². The molecule has 4 heteroatoms. The van der Waals surface area contributed by atoms with E-state index in [1.807, 2.05) is 0 Å². The summed E-state index contributed by atoms with van der Waals surface area (Å²) in [6.07, 6.45) is 0. The Morgan fingerprint density at radius 2 is 2.25 bits per heavy atom. The predicted molar refractivity (Wildman–Crippen MR) is 46.5 cm³/mol. The highest BCUT2D eigenvalue weighted by Crippen LogP contribution is 2.26. The van der Waals surface area contributed by atoms with Gasteiger partial charge in [0.05, 0.1) is 17.7 Å². The predicted octanol–water partition coefficient (Wildman–Crippen LogP) is 1.45. The molecule has 0 saturated carbocycles. The van der Waals surface area contributed by atoms with Crippen LogP contribution in [0.25, 0.3) is 0 Å². The van der Waals surface area contributed by atoms with Crippen molar-refractivity contribution in [2.75, 3.05) is 7.11 Å². The van der Waals surface area contributed by atoms with Crippen molar-refractivity contribution < 1.29 is 9.53 Å². The largest absolute Gasteiger partial charge is 0.495 e. The fourth-order valence-corrected chi connectivity index (χ4v) is 1.16. The van der Waals surface area contributed by atoms with Gasteiger partial charge in [0.25, 0.3) is 0 Å². The summed E-state index contributed by atoms with van der Waals surface area (Å²) < 4.78 is 4.90.